The highest BCUT2D eigenvalue weighted by molar-refractivity contribution is 6.62. The fourth-order valence-electron chi connectivity index (χ4n) is 4.17. The molecule has 2 fully saturated rings. The van der Waals surface area contributed by atoms with Gasteiger partial charge >= 0.3 is 7.12 Å². The Balaban J connectivity index is 1.88. The molecule has 2 aliphatic rings. The van der Waals surface area contributed by atoms with Gasteiger partial charge in [0.15, 0.2) is 0 Å². The van der Waals surface area contributed by atoms with Crippen LogP contribution in [0.2, 0.25) is 0 Å². The molecule has 1 atom stereocenters. The summed E-state index contributed by atoms with van der Waals surface area (Å²) in [5.41, 5.74) is 1.95. The van der Waals surface area contributed by atoms with Crippen LogP contribution < -0.4 is 5.46 Å². The lowest BCUT2D eigenvalue weighted by atomic mass is 9.75. The van der Waals surface area contributed by atoms with E-state index in [4.69, 9.17) is 9.31 Å². The summed E-state index contributed by atoms with van der Waals surface area (Å²) < 4.78 is 12.4. The SMILES string of the molecule is CCC[C@@H]1CCCCN1C(=O)c1cccc(B2OC(C)(C)C(C)(C)O2)c1C. The van der Waals surface area contributed by atoms with Crippen molar-refractivity contribution in [2.75, 3.05) is 6.54 Å². The van der Waals surface area contributed by atoms with Crippen LogP contribution in [0.25, 0.3) is 0 Å². The van der Waals surface area contributed by atoms with Crippen molar-refractivity contribution >= 4 is 18.5 Å². The van der Waals surface area contributed by atoms with E-state index in [1.165, 1.54) is 6.42 Å². The molecule has 5 heteroatoms. The lowest BCUT2D eigenvalue weighted by Crippen LogP contribution is -2.45. The number of benzene rings is 1. The first-order chi connectivity index (χ1) is 12.7. The van der Waals surface area contributed by atoms with E-state index in [1.54, 1.807) is 0 Å². The normalized spacial score (nSPS) is 24.3. The molecule has 0 aromatic heterocycles. The number of hydrogen-bond donors (Lipinski definition) is 0. The topological polar surface area (TPSA) is 38.8 Å². The van der Waals surface area contributed by atoms with E-state index in [0.29, 0.717) is 6.04 Å². The van der Waals surface area contributed by atoms with Crippen molar-refractivity contribution in [3.05, 3.63) is 29.3 Å². The monoisotopic (exact) mass is 371 g/mol. The summed E-state index contributed by atoms with van der Waals surface area (Å²) in [5, 5.41) is 0. The van der Waals surface area contributed by atoms with E-state index in [9.17, 15) is 4.79 Å². The van der Waals surface area contributed by atoms with Crippen LogP contribution >= 0.6 is 0 Å². The van der Waals surface area contributed by atoms with Gasteiger partial charge in [0, 0.05) is 18.2 Å². The molecule has 0 saturated carbocycles. The zero-order chi connectivity index (χ0) is 19.8. The van der Waals surface area contributed by atoms with Crippen molar-refractivity contribution in [3.63, 3.8) is 0 Å². The minimum absolute atomic E-state index is 0.156. The van der Waals surface area contributed by atoms with Gasteiger partial charge < -0.3 is 14.2 Å². The van der Waals surface area contributed by atoms with E-state index in [-0.39, 0.29) is 17.1 Å². The van der Waals surface area contributed by atoms with Crippen LogP contribution in [0.4, 0.5) is 0 Å². The van der Waals surface area contributed by atoms with E-state index < -0.39 is 7.12 Å². The predicted octanol–water partition coefficient (Wildman–Crippen LogP) is 4.09. The standard InChI is InChI=1S/C22H34BNO3/c1-7-11-17-12-8-9-15-24(17)20(25)18-13-10-14-19(16(18)2)23-26-21(3,4)22(5,6)27-23/h10,13-14,17H,7-9,11-12,15H2,1-6H3/t17-/m1/s1. The van der Waals surface area contributed by atoms with Crippen molar-refractivity contribution < 1.29 is 14.1 Å². The van der Waals surface area contributed by atoms with Gasteiger partial charge in [-0.25, -0.2) is 0 Å². The number of carbonyl (C=O) groups excluding carboxylic acids is 1. The van der Waals surface area contributed by atoms with E-state index in [1.807, 2.05) is 25.1 Å². The number of nitrogens with zero attached hydrogens (tertiary/aromatic N) is 1. The molecule has 0 N–H and O–H groups in total. The molecule has 1 aromatic carbocycles. The molecule has 0 bridgehead atoms. The van der Waals surface area contributed by atoms with Gasteiger partial charge in [-0.05, 0) is 77.4 Å². The lowest BCUT2D eigenvalue weighted by Gasteiger charge is -2.36. The Morgan fingerprint density at radius 3 is 2.48 bits per heavy atom. The second kappa shape index (κ2) is 7.59. The van der Waals surface area contributed by atoms with Gasteiger partial charge in [-0.1, -0.05) is 25.5 Å². The summed E-state index contributed by atoms with van der Waals surface area (Å²) in [4.78, 5) is 15.5. The van der Waals surface area contributed by atoms with E-state index in [2.05, 4.69) is 39.5 Å². The largest absolute Gasteiger partial charge is 0.495 e. The zero-order valence-electron chi connectivity index (χ0n) is 17.8. The molecule has 1 aromatic rings. The van der Waals surface area contributed by atoms with Crippen LogP contribution in [0.15, 0.2) is 18.2 Å². The average molecular weight is 371 g/mol. The Hall–Kier alpha value is -1.33. The Morgan fingerprint density at radius 1 is 1.19 bits per heavy atom. The van der Waals surface area contributed by atoms with Crippen LogP contribution in [0.5, 0.6) is 0 Å². The van der Waals surface area contributed by atoms with Crippen LogP contribution in [0.1, 0.15) is 82.6 Å². The summed E-state index contributed by atoms with van der Waals surface area (Å²) in [6.45, 7) is 13.3. The first kappa shape index (κ1) is 20.4. The van der Waals surface area contributed by atoms with Gasteiger partial charge in [0.05, 0.1) is 11.2 Å². The van der Waals surface area contributed by atoms with E-state index in [0.717, 1.165) is 48.8 Å². The lowest BCUT2D eigenvalue weighted by molar-refractivity contribution is 0.00578. The maximum atomic E-state index is 13.4. The highest BCUT2D eigenvalue weighted by Gasteiger charge is 2.52. The van der Waals surface area contributed by atoms with Crippen molar-refractivity contribution in [2.24, 2.45) is 0 Å². The highest BCUT2D eigenvalue weighted by atomic mass is 16.7. The molecular weight excluding hydrogens is 337 g/mol. The maximum Gasteiger partial charge on any atom is 0.495 e. The Morgan fingerprint density at radius 2 is 1.85 bits per heavy atom. The summed E-state index contributed by atoms with van der Waals surface area (Å²) in [6.07, 6.45) is 5.64. The van der Waals surface area contributed by atoms with Gasteiger partial charge in [0.2, 0.25) is 0 Å². The van der Waals surface area contributed by atoms with Gasteiger partial charge in [0.25, 0.3) is 5.91 Å². The number of likely N-dealkylation sites (tertiary alicyclic amines) is 1. The molecule has 2 heterocycles. The number of hydrogen-bond acceptors (Lipinski definition) is 3. The second-order valence-electron chi connectivity index (χ2n) is 9.04. The molecule has 0 spiro atoms. The van der Waals surface area contributed by atoms with Crippen LogP contribution in [-0.2, 0) is 9.31 Å². The highest BCUT2D eigenvalue weighted by Crippen LogP contribution is 2.37. The summed E-state index contributed by atoms with van der Waals surface area (Å²) in [5.74, 6) is 0.156. The molecule has 27 heavy (non-hydrogen) atoms. The number of amides is 1. The molecule has 0 unspecified atom stereocenters. The fraction of sp³-hybridized carbons (Fsp3) is 0.682. The average Bonchev–Trinajstić information content (AvgIpc) is 2.83. The molecular formula is C22H34BNO3. The van der Waals surface area contributed by atoms with Gasteiger partial charge in [-0.15, -0.1) is 0 Å². The molecule has 2 aliphatic heterocycles. The minimum atomic E-state index is -0.435. The number of rotatable bonds is 4. The molecule has 1 amide bonds. The van der Waals surface area contributed by atoms with Crippen molar-refractivity contribution in [1.29, 1.82) is 0 Å². The van der Waals surface area contributed by atoms with Crippen LogP contribution in [0.3, 0.4) is 0 Å². The smallest absolute Gasteiger partial charge is 0.399 e. The van der Waals surface area contributed by atoms with Gasteiger partial charge in [0.1, 0.15) is 0 Å². The third kappa shape index (κ3) is 3.81. The maximum absolute atomic E-state index is 13.4. The number of carbonyl (C=O) groups is 1. The Bertz CT molecular complexity index is 683. The molecule has 148 valence electrons. The molecule has 2 saturated heterocycles. The third-order valence-electron chi connectivity index (χ3n) is 6.62. The zero-order valence-corrected chi connectivity index (χ0v) is 17.8. The van der Waals surface area contributed by atoms with Gasteiger partial charge in [-0.3, -0.25) is 4.79 Å². The quantitative estimate of drug-likeness (QED) is 0.749. The van der Waals surface area contributed by atoms with Crippen LogP contribution in [-0.4, -0.2) is 41.7 Å². The van der Waals surface area contributed by atoms with Crippen molar-refractivity contribution in [3.8, 4) is 0 Å². The third-order valence-corrected chi connectivity index (χ3v) is 6.62. The minimum Gasteiger partial charge on any atom is -0.399 e. The molecule has 0 aliphatic carbocycles. The fourth-order valence-corrected chi connectivity index (χ4v) is 4.17. The molecule has 0 radical (unpaired) electrons. The Kier molecular flexibility index (Phi) is 5.74. The van der Waals surface area contributed by atoms with E-state index >= 15 is 0 Å². The Labute approximate surface area is 164 Å². The van der Waals surface area contributed by atoms with Crippen LogP contribution in [0, 0.1) is 6.92 Å². The van der Waals surface area contributed by atoms with Crippen molar-refractivity contribution in [1.82, 2.24) is 4.90 Å². The summed E-state index contributed by atoms with van der Waals surface area (Å²) in [6, 6.07) is 6.30. The predicted molar refractivity (Wildman–Crippen MR) is 110 cm³/mol. The molecule has 3 rings (SSSR count). The first-order valence-electron chi connectivity index (χ1n) is 10.4. The van der Waals surface area contributed by atoms with Gasteiger partial charge in [-0.2, -0.15) is 0 Å². The molecule has 4 nitrogen and oxygen atoms in total. The second-order valence-corrected chi connectivity index (χ2v) is 9.04. The summed E-state index contributed by atoms with van der Waals surface area (Å²) in [7, 11) is -0.435. The number of piperidine rings is 1. The van der Waals surface area contributed by atoms with Crippen molar-refractivity contribution in [2.45, 2.75) is 90.9 Å². The summed E-state index contributed by atoms with van der Waals surface area (Å²) >= 11 is 0. The first-order valence-corrected chi connectivity index (χ1v) is 10.4.